The predicted octanol–water partition coefficient (Wildman–Crippen LogP) is 0.947. The first kappa shape index (κ1) is 10.9. The number of anilines is 1. The Balaban J connectivity index is 1.56. The van der Waals surface area contributed by atoms with E-state index in [1.54, 1.807) is 18.5 Å². The number of aromatic nitrogens is 2. The maximum absolute atomic E-state index is 11.3. The van der Waals surface area contributed by atoms with Gasteiger partial charge in [-0.15, -0.1) is 0 Å². The number of rotatable bonds is 6. The second kappa shape index (κ2) is 5.44. The summed E-state index contributed by atoms with van der Waals surface area (Å²) in [4.78, 5) is 19.4. The van der Waals surface area contributed by atoms with Crippen LogP contribution in [0.5, 0.6) is 0 Å². The van der Waals surface area contributed by atoms with Crippen LogP contribution in [-0.2, 0) is 4.79 Å². The fourth-order valence-electron chi connectivity index (χ4n) is 1.37. The summed E-state index contributed by atoms with van der Waals surface area (Å²) >= 11 is 0. The zero-order valence-electron chi connectivity index (χ0n) is 9.15. The number of hydrogen-bond acceptors (Lipinski definition) is 4. The lowest BCUT2D eigenvalue weighted by Crippen LogP contribution is -2.25. The van der Waals surface area contributed by atoms with E-state index in [4.69, 9.17) is 0 Å². The number of carbonyl (C=O) groups is 1. The van der Waals surface area contributed by atoms with Crippen molar-refractivity contribution in [3.63, 3.8) is 0 Å². The summed E-state index contributed by atoms with van der Waals surface area (Å²) in [6.45, 7) is 0.724. The van der Waals surface area contributed by atoms with Crippen molar-refractivity contribution in [2.45, 2.75) is 31.7 Å². The zero-order chi connectivity index (χ0) is 11.2. The van der Waals surface area contributed by atoms with Gasteiger partial charge in [0.2, 0.25) is 11.9 Å². The summed E-state index contributed by atoms with van der Waals surface area (Å²) in [5, 5.41) is 6.02. The number of carbonyl (C=O) groups excluding carboxylic acids is 1. The van der Waals surface area contributed by atoms with E-state index in [1.165, 1.54) is 0 Å². The molecule has 5 nitrogen and oxygen atoms in total. The van der Waals surface area contributed by atoms with Crippen LogP contribution >= 0.6 is 0 Å². The molecular weight excluding hydrogens is 204 g/mol. The van der Waals surface area contributed by atoms with E-state index in [-0.39, 0.29) is 5.91 Å². The minimum Gasteiger partial charge on any atom is -0.354 e. The molecule has 2 rings (SSSR count). The molecule has 1 aromatic rings. The average molecular weight is 220 g/mol. The minimum absolute atomic E-state index is 0.151. The van der Waals surface area contributed by atoms with Crippen molar-refractivity contribution in [3.05, 3.63) is 18.5 Å². The number of amides is 1. The Bertz CT molecular complexity index is 337. The molecule has 1 saturated carbocycles. The van der Waals surface area contributed by atoms with Crippen LogP contribution in [0, 0.1) is 0 Å². The first-order chi connectivity index (χ1) is 7.84. The highest BCUT2D eigenvalue weighted by Gasteiger charge is 2.22. The van der Waals surface area contributed by atoms with Crippen LogP contribution in [0.4, 0.5) is 5.95 Å². The van der Waals surface area contributed by atoms with E-state index in [2.05, 4.69) is 20.6 Å². The van der Waals surface area contributed by atoms with Gasteiger partial charge in [0.25, 0.3) is 0 Å². The third-order valence-corrected chi connectivity index (χ3v) is 2.37. The first-order valence-corrected chi connectivity index (χ1v) is 5.65. The number of nitrogens with zero attached hydrogens (tertiary/aromatic N) is 2. The molecule has 5 heteroatoms. The molecule has 2 N–H and O–H groups in total. The summed E-state index contributed by atoms with van der Waals surface area (Å²) < 4.78 is 0. The largest absolute Gasteiger partial charge is 0.354 e. The van der Waals surface area contributed by atoms with Gasteiger partial charge in [-0.1, -0.05) is 0 Å². The lowest BCUT2D eigenvalue weighted by molar-refractivity contribution is -0.121. The van der Waals surface area contributed by atoms with E-state index >= 15 is 0 Å². The number of nitrogens with one attached hydrogen (secondary N) is 2. The van der Waals surface area contributed by atoms with E-state index in [0.717, 1.165) is 25.8 Å². The van der Waals surface area contributed by atoms with Gasteiger partial charge in [-0.3, -0.25) is 4.79 Å². The Morgan fingerprint density at radius 1 is 1.38 bits per heavy atom. The first-order valence-electron chi connectivity index (χ1n) is 5.65. The van der Waals surface area contributed by atoms with Gasteiger partial charge in [-0.05, 0) is 25.3 Å². The Hall–Kier alpha value is -1.65. The lowest BCUT2D eigenvalue weighted by atomic mass is 10.3. The van der Waals surface area contributed by atoms with E-state index in [1.807, 2.05) is 0 Å². The molecule has 0 bridgehead atoms. The summed E-state index contributed by atoms with van der Waals surface area (Å²) in [5.74, 6) is 0.767. The third kappa shape index (κ3) is 3.84. The van der Waals surface area contributed by atoms with Crippen molar-refractivity contribution in [2.75, 3.05) is 11.9 Å². The third-order valence-electron chi connectivity index (χ3n) is 2.37. The van der Waals surface area contributed by atoms with Gasteiger partial charge in [0.1, 0.15) is 0 Å². The molecule has 1 amide bonds. The maximum Gasteiger partial charge on any atom is 0.222 e. The average Bonchev–Trinajstić information content (AvgIpc) is 3.10. The fraction of sp³-hybridized carbons (Fsp3) is 0.545. The van der Waals surface area contributed by atoms with E-state index < -0.39 is 0 Å². The van der Waals surface area contributed by atoms with Crippen LogP contribution in [0.2, 0.25) is 0 Å². The normalized spacial score (nSPS) is 14.5. The van der Waals surface area contributed by atoms with Crippen LogP contribution in [0.15, 0.2) is 18.5 Å². The summed E-state index contributed by atoms with van der Waals surface area (Å²) in [6, 6.07) is 2.23. The highest BCUT2D eigenvalue weighted by atomic mass is 16.1. The van der Waals surface area contributed by atoms with Gasteiger partial charge in [-0.2, -0.15) is 0 Å². The second-order valence-corrected chi connectivity index (χ2v) is 3.94. The molecule has 86 valence electrons. The predicted molar refractivity (Wildman–Crippen MR) is 60.9 cm³/mol. The molecule has 0 unspecified atom stereocenters. The molecule has 0 aliphatic heterocycles. The van der Waals surface area contributed by atoms with Crippen LogP contribution < -0.4 is 10.6 Å². The Labute approximate surface area is 94.7 Å². The monoisotopic (exact) mass is 220 g/mol. The quantitative estimate of drug-likeness (QED) is 0.700. The standard InChI is InChI=1S/C11H16N4O/c16-10(15-9-4-5-9)3-1-6-12-11-13-7-2-8-14-11/h2,7-9H,1,3-6H2,(H,15,16)(H,12,13,14). The van der Waals surface area contributed by atoms with Gasteiger partial charge in [-0.25, -0.2) is 9.97 Å². The lowest BCUT2D eigenvalue weighted by Gasteiger charge is -2.04. The van der Waals surface area contributed by atoms with Crippen LogP contribution in [0.1, 0.15) is 25.7 Å². The van der Waals surface area contributed by atoms with Gasteiger partial charge in [0, 0.05) is 31.4 Å². The van der Waals surface area contributed by atoms with Crippen molar-refractivity contribution < 1.29 is 4.79 Å². The molecule has 1 aliphatic rings. The van der Waals surface area contributed by atoms with Crippen molar-refractivity contribution in [3.8, 4) is 0 Å². The molecule has 1 aliphatic carbocycles. The fourth-order valence-corrected chi connectivity index (χ4v) is 1.37. The van der Waals surface area contributed by atoms with Gasteiger partial charge < -0.3 is 10.6 Å². The molecule has 0 radical (unpaired) electrons. The van der Waals surface area contributed by atoms with E-state index in [0.29, 0.717) is 18.4 Å². The molecule has 0 aromatic carbocycles. The molecule has 0 spiro atoms. The highest BCUT2D eigenvalue weighted by molar-refractivity contribution is 5.76. The van der Waals surface area contributed by atoms with Crippen LogP contribution in [0.25, 0.3) is 0 Å². The second-order valence-electron chi connectivity index (χ2n) is 3.94. The van der Waals surface area contributed by atoms with Crippen molar-refractivity contribution in [2.24, 2.45) is 0 Å². The SMILES string of the molecule is O=C(CCCNc1ncccn1)NC1CC1. The zero-order valence-corrected chi connectivity index (χ0v) is 9.15. The summed E-state index contributed by atoms with van der Waals surface area (Å²) in [6.07, 6.45) is 7.03. The molecule has 0 atom stereocenters. The van der Waals surface area contributed by atoms with Crippen LogP contribution in [-0.4, -0.2) is 28.5 Å². The topological polar surface area (TPSA) is 66.9 Å². The van der Waals surface area contributed by atoms with Crippen molar-refractivity contribution in [1.82, 2.24) is 15.3 Å². The van der Waals surface area contributed by atoms with Gasteiger partial charge in [0.15, 0.2) is 0 Å². The molecule has 16 heavy (non-hydrogen) atoms. The molecule has 1 aromatic heterocycles. The minimum atomic E-state index is 0.151. The maximum atomic E-state index is 11.3. The Morgan fingerprint density at radius 2 is 2.12 bits per heavy atom. The summed E-state index contributed by atoms with van der Waals surface area (Å²) in [5.41, 5.74) is 0. The van der Waals surface area contributed by atoms with Crippen molar-refractivity contribution >= 4 is 11.9 Å². The number of hydrogen-bond donors (Lipinski definition) is 2. The van der Waals surface area contributed by atoms with E-state index in [9.17, 15) is 4.79 Å². The molecule has 0 saturated heterocycles. The van der Waals surface area contributed by atoms with Gasteiger partial charge in [0.05, 0.1) is 0 Å². The Morgan fingerprint density at radius 3 is 2.81 bits per heavy atom. The van der Waals surface area contributed by atoms with Crippen molar-refractivity contribution in [1.29, 1.82) is 0 Å². The molecule has 1 heterocycles. The highest BCUT2D eigenvalue weighted by Crippen LogP contribution is 2.18. The van der Waals surface area contributed by atoms with Crippen LogP contribution in [0.3, 0.4) is 0 Å². The molecular formula is C11H16N4O. The summed E-state index contributed by atoms with van der Waals surface area (Å²) in [7, 11) is 0. The Kier molecular flexibility index (Phi) is 3.69. The van der Waals surface area contributed by atoms with Gasteiger partial charge >= 0.3 is 0 Å². The molecule has 1 fully saturated rings. The smallest absolute Gasteiger partial charge is 0.222 e.